The van der Waals surface area contributed by atoms with Crippen molar-refractivity contribution in [3.63, 3.8) is 0 Å². The number of guanidine groups is 1. The van der Waals surface area contributed by atoms with Gasteiger partial charge in [-0.2, -0.15) is 0 Å². The van der Waals surface area contributed by atoms with Crippen LogP contribution in [0.25, 0.3) is 0 Å². The fourth-order valence-corrected chi connectivity index (χ4v) is 3.54. The number of hydrogen-bond donors (Lipinski definition) is 2. The molecule has 29 heavy (non-hydrogen) atoms. The Morgan fingerprint density at radius 3 is 2.59 bits per heavy atom. The van der Waals surface area contributed by atoms with Gasteiger partial charge in [0.2, 0.25) is 0 Å². The SMILES string of the molecule is CN=C(NCc1csc(C(C)(C)C)n1)NCc1ccc(C)cc1OCCCOC. The second kappa shape index (κ2) is 11.2. The third-order valence-electron chi connectivity index (χ3n) is 4.27. The van der Waals surface area contributed by atoms with Crippen LogP contribution in [0.5, 0.6) is 5.75 Å². The minimum absolute atomic E-state index is 0.0773. The Morgan fingerprint density at radius 1 is 1.17 bits per heavy atom. The highest BCUT2D eigenvalue weighted by molar-refractivity contribution is 7.09. The number of thiazole rings is 1. The lowest BCUT2D eigenvalue weighted by molar-refractivity contribution is 0.171. The summed E-state index contributed by atoms with van der Waals surface area (Å²) in [6.45, 7) is 11.2. The molecule has 2 N–H and O–H groups in total. The molecule has 1 heterocycles. The largest absolute Gasteiger partial charge is 0.493 e. The van der Waals surface area contributed by atoms with Crippen molar-refractivity contribution in [2.24, 2.45) is 4.99 Å². The van der Waals surface area contributed by atoms with Crippen LogP contribution in [0.4, 0.5) is 0 Å². The van der Waals surface area contributed by atoms with Gasteiger partial charge in [-0.25, -0.2) is 4.98 Å². The molecule has 1 aromatic heterocycles. The summed E-state index contributed by atoms with van der Waals surface area (Å²) in [5.74, 6) is 1.64. The van der Waals surface area contributed by atoms with Gasteiger partial charge in [-0.3, -0.25) is 4.99 Å². The van der Waals surface area contributed by atoms with Crippen LogP contribution in [0, 0.1) is 6.92 Å². The summed E-state index contributed by atoms with van der Waals surface area (Å²) in [4.78, 5) is 9.04. The molecule has 6 nitrogen and oxygen atoms in total. The monoisotopic (exact) mass is 418 g/mol. The van der Waals surface area contributed by atoms with Crippen LogP contribution in [-0.2, 0) is 23.2 Å². The molecular formula is C22H34N4O2S. The predicted molar refractivity (Wildman–Crippen MR) is 121 cm³/mol. The van der Waals surface area contributed by atoms with E-state index in [2.05, 4.69) is 66.9 Å². The Morgan fingerprint density at radius 2 is 1.93 bits per heavy atom. The van der Waals surface area contributed by atoms with E-state index in [9.17, 15) is 0 Å². The number of hydrogen-bond acceptors (Lipinski definition) is 5. The first-order valence-electron chi connectivity index (χ1n) is 9.94. The third-order valence-corrected chi connectivity index (χ3v) is 5.59. The van der Waals surface area contributed by atoms with Gasteiger partial charge in [0.05, 0.1) is 23.9 Å². The van der Waals surface area contributed by atoms with E-state index in [1.54, 1.807) is 25.5 Å². The standard InChI is InChI=1S/C22H34N4O2S/c1-16-8-9-17(19(12-16)28-11-7-10-27-6)13-24-21(23-5)25-14-18-15-29-20(26-18)22(2,3)4/h8-9,12,15H,7,10-11,13-14H2,1-6H3,(H2,23,24,25). The molecule has 0 spiro atoms. The van der Waals surface area contributed by atoms with Crippen molar-refractivity contribution in [2.45, 2.75) is 52.6 Å². The van der Waals surface area contributed by atoms with Crippen molar-refractivity contribution >= 4 is 17.3 Å². The molecule has 0 saturated carbocycles. The van der Waals surface area contributed by atoms with Gasteiger partial charge in [-0.15, -0.1) is 11.3 Å². The lowest BCUT2D eigenvalue weighted by Gasteiger charge is -2.15. The maximum absolute atomic E-state index is 5.96. The highest BCUT2D eigenvalue weighted by Crippen LogP contribution is 2.25. The summed E-state index contributed by atoms with van der Waals surface area (Å²) in [7, 11) is 3.48. The van der Waals surface area contributed by atoms with E-state index in [1.807, 2.05) is 0 Å². The molecule has 0 bridgehead atoms. The number of benzene rings is 1. The fraction of sp³-hybridized carbons (Fsp3) is 0.545. The number of methoxy groups -OCH3 is 1. The van der Waals surface area contributed by atoms with Gasteiger partial charge in [0.25, 0.3) is 0 Å². The van der Waals surface area contributed by atoms with E-state index in [1.165, 1.54) is 5.56 Å². The van der Waals surface area contributed by atoms with Crippen molar-refractivity contribution < 1.29 is 9.47 Å². The molecule has 1 aromatic carbocycles. The molecule has 0 aliphatic heterocycles. The van der Waals surface area contributed by atoms with E-state index in [0.717, 1.165) is 34.4 Å². The van der Waals surface area contributed by atoms with Gasteiger partial charge < -0.3 is 20.1 Å². The van der Waals surface area contributed by atoms with Crippen LogP contribution in [0.1, 0.15) is 49.0 Å². The minimum atomic E-state index is 0.0773. The maximum atomic E-state index is 5.96. The van der Waals surface area contributed by atoms with Crippen LogP contribution in [-0.4, -0.2) is 38.3 Å². The summed E-state index contributed by atoms with van der Waals surface area (Å²) in [6, 6.07) is 6.26. The van der Waals surface area contributed by atoms with Crippen molar-refractivity contribution in [2.75, 3.05) is 27.4 Å². The van der Waals surface area contributed by atoms with E-state index < -0.39 is 0 Å². The van der Waals surface area contributed by atoms with Crippen LogP contribution in [0.15, 0.2) is 28.6 Å². The van der Waals surface area contributed by atoms with E-state index in [4.69, 9.17) is 14.5 Å². The van der Waals surface area contributed by atoms with Crippen LogP contribution < -0.4 is 15.4 Å². The quantitative estimate of drug-likeness (QED) is 0.366. The molecule has 0 fully saturated rings. The number of ether oxygens (including phenoxy) is 2. The smallest absolute Gasteiger partial charge is 0.191 e. The normalized spacial score (nSPS) is 12.1. The molecule has 7 heteroatoms. The summed E-state index contributed by atoms with van der Waals surface area (Å²) in [6.07, 6.45) is 0.866. The lowest BCUT2D eigenvalue weighted by atomic mass is 9.98. The van der Waals surface area contributed by atoms with Gasteiger partial charge >= 0.3 is 0 Å². The Labute approximate surface area is 178 Å². The van der Waals surface area contributed by atoms with Crippen molar-refractivity contribution in [3.05, 3.63) is 45.4 Å². The number of nitrogens with one attached hydrogen (secondary N) is 2. The van der Waals surface area contributed by atoms with Gasteiger partial charge in [0.1, 0.15) is 5.75 Å². The molecule has 2 aromatic rings. The summed E-state index contributed by atoms with van der Waals surface area (Å²) < 4.78 is 11.1. The molecule has 0 aliphatic rings. The van der Waals surface area contributed by atoms with Crippen LogP contribution >= 0.6 is 11.3 Å². The number of aromatic nitrogens is 1. The second-order valence-electron chi connectivity index (χ2n) is 7.98. The van der Waals surface area contributed by atoms with E-state index in [0.29, 0.717) is 26.3 Å². The molecule has 0 unspecified atom stereocenters. The number of nitrogens with zero attached hydrogens (tertiary/aromatic N) is 2. The van der Waals surface area contributed by atoms with E-state index in [-0.39, 0.29) is 5.41 Å². The first-order chi connectivity index (χ1) is 13.8. The summed E-state index contributed by atoms with van der Waals surface area (Å²) >= 11 is 1.70. The lowest BCUT2D eigenvalue weighted by Crippen LogP contribution is -2.36. The van der Waals surface area contributed by atoms with Crippen molar-refractivity contribution in [1.29, 1.82) is 0 Å². The highest BCUT2D eigenvalue weighted by Gasteiger charge is 2.18. The van der Waals surface area contributed by atoms with Gasteiger partial charge in [-0.1, -0.05) is 32.9 Å². The molecule has 0 radical (unpaired) electrons. The second-order valence-corrected chi connectivity index (χ2v) is 8.84. The van der Waals surface area contributed by atoms with Gasteiger partial charge in [-0.05, 0) is 18.6 Å². The average Bonchev–Trinajstić information content (AvgIpc) is 3.16. The average molecular weight is 419 g/mol. The number of aryl methyl sites for hydroxylation is 1. The molecule has 2 rings (SSSR count). The minimum Gasteiger partial charge on any atom is -0.493 e. The van der Waals surface area contributed by atoms with Crippen LogP contribution in [0.3, 0.4) is 0 Å². The summed E-state index contributed by atoms with van der Waals surface area (Å²) in [5, 5.41) is 9.95. The number of rotatable bonds is 9. The summed E-state index contributed by atoms with van der Waals surface area (Å²) in [5.41, 5.74) is 3.38. The Balaban J connectivity index is 1.91. The van der Waals surface area contributed by atoms with Gasteiger partial charge in [0.15, 0.2) is 5.96 Å². The third kappa shape index (κ3) is 7.66. The van der Waals surface area contributed by atoms with E-state index >= 15 is 0 Å². The van der Waals surface area contributed by atoms with Crippen molar-refractivity contribution in [1.82, 2.24) is 15.6 Å². The molecule has 0 amide bonds. The molecule has 0 saturated heterocycles. The Bertz CT molecular complexity index is 796. The topological polar surface area (TPSA) is 67.8 Å². The fourth-order valence-electron chi connectivity index (χ4n) is 2.63. The number of aliphatic imine (C=N–C) groups is 1. The zero-order valence-corrected chi connectivity index (χ0v) is 19.3. The molecule has 0 aliphatic carbocycles. The van der Waals surface area contributed by atoms with Crippen LogP contribution in [0.2, 0.25) is 0 Å². The first-order valence-corrected chi connectivity index (χ1v) is 10.8. The molecule has 0 atom stereocenters. The Kier molecular flexibility index (Phi) is 8.92. The first kappa shape index (κ1) is 23.2. The Hall–Kier alpha value is -2.12. The predicted octanol–water partition coefficient (Wildman–Crippen LogP) is 4.03. The highest BCUT2D eigenvalue weighted by atomic mass is 32.1. The zero-order chi connectivity index (χ0) is 21.3. The van der Waals surface area contributed by atoms with Crippen molar-refractivity contribution in [3.8, 4) is 5.75 Å². The maximum Gasteiger partial charge on any atom is 0.191 e. The van der Waals surface area contributed by atoms with Gasteiger partial charge in [0, 0.05) is 50.1 Å². The zero-order valence-electron chi connectivity index (χ0n) is 18.5. The molecule has 160 valence electrons. The molecular weight excluding hydrogens is 384 g/mol.